The first-order valence-electron chi connectivity index (χ1n) is 3.51. The molecule has 0 spiro atoms. The molecule has 0 aliphatic rings. The van der Waals surface area contributed by atoms with Gasteiger partial charge in [0.1, 0.15) is 0 Å². The molecule has 0 fully saturated rings. The van der Waals surface area contributed by atoms with Crippen molar-refractivity contribution >= 4 is 24.7 Å². The van der Waals surface area contributed by atoms with E-state index < -0.39 is 7.37 Å². The Morgan fingerprint density at radius 2 is 2.00 bits per heavy atom. The fraction of sp³-hybridized carbons (Fsp3) is 1.00. The third kappa shape index (κ3) is 8.59. The number of rotatable bonds is 5. The van der Waals surface area contributed by atoms with E-state index in [2.05, 4.69) is 0 Å². The summed E-state index contributed by atoms with van der Waals surface area (Å²) in [6.45, 7) is 4.60. The van der Waals surface area contributed by atoms with Crippen LogP contribution < -0.4 is 0 Å². The predicted octanol–water partition coefficient (Wildman–Crippen LogP) is 0.932. The summed E-state index contributed by atoms with van der Waals surface area (Å²) in [7, 11) is -2.83. The molecule has 0 aliphatic heterocycles. The summed E-state index contributed by atoms with van der Waals surface area (Å²) in [6, 6.07) is 0. The van der Waals surface area contributed by atoms with Gasteiger partial charge >= 0.3 is 17.4 Å². The molecule has 1 atom stereocenters. The summed E-state index contributed by atoms with van der Waals surface area (Å²) >= 11 is 0. The molecule has 0 saturated carbocycles. The van der Waals surface area contributed by atoms with Crippen molar-refractivity contribution in [2.24, 2.45) is 0 Å². The molecule has 0 aliphatic carbocycles. The molecule has 0 amide bonds. The summed E-state index contributed by atoms with van der Waals surface area (Å²) < 4.78 is 15.9. The summed E-state index contributed by atoms with van der Waals surface area (Å²) in [6.07, 6.45) is 0.636. The Bertz CT molecular complexity index is 129. The molecule has 11 heavy (non-hydrogen) atoms. The van der Waals surface area contributed by atoms with Gasteiger partial charge in [0.2, 0.25) is 7.37 Å². The van der Waals surface area contributed by atoms with E-state index in [1.165, 1.54) is 0 Å². The van der Waals surface area contributed by atoms with Crippen LogP contribution in [-0.4, -0.2) is 47.8 Å². The van der Waals surface area contributed by atoms with Crippen LogP contribution in [0.3, 0.4) is 0 Å². The topological polar surface area (TPSA) is 46.5 Å². The molecule has 62 valence electrons. The first-order valence-corrected chi connectivity index (χ1v) is 5.54. The average molecular weight is 193 g/mol. The molecular weight excluding hydrogens is 178 g/mol. The van der Waals surface area contributed by atoms with E-state index in [9.17, 15) is 4.57 Å². The third-order valence-electron chi connectivity index (χ3n) is 1.28. The molecule has 0 saturated heterocycles. The normalized spacial score (nSPS) is 15.2. The van der Waals surface area contributed by atoms with Gasteiger partial charge in [-0.3, -0.25) is 4.57 Å². The van der Waals surface area contributed by atoms with E-state index in [-0.39, 0.29) is 23.5 Å². The van der Waals surface area contributed by atoms with Crippen LogP contribution in [0.5, 0.6) is 0 Å². The molecule has 3 nitrogen and oxygen atoms in total. The zero-order chi connectivity index (χ0) is 8.04. The van der Waals surface area contributed by atoms with Crippen molar-refractivity contribution in [3.8, 4) is 0 Å². The number of ether oxygens (including phenoxy) is 1. The zero-order valence-corrected chi connectivity index (χ0v) is 9.17. The molecule has 0 aromatic carbocycles. The smallest absolute Gasteiger partial charge is 0.381 e. The Labute approximate surface area is 78.7 Å². The first-order chi connectivity index (χ1) is 4.62. The molecule has 0 heterocycles. The number of hydrogen-bond donors (Lipinski definition) is 1. The van der Waals surface area contributed by atoms with Crippen molar-refractivity contribution in [2.75, 3.05) is 25.5 Å². The molecule has 0 bridgehead atoms. The van der Waals surface area contributed by atoms with Gasteiger partial charge in [-0.05, 0) is 6.92 Å². The summed E-state index contributed by atoms with van der Waals surface area (Å²) in [4.78, 5) is 9.03. The second-order valence-electron chi connectivity index (χ2n) is 2.08. The van der Waals surface area contributed by atoms with E-state index in [1.807, 2.05) is 6.92 Å². The maximum absolute atomic E-state index is 10.9. The Hall–Kier alpha value is 0.682. The fourth-order valence-electron chi connectivity index (χ4n) is 0.510. The monoisotopic (exact) mass is 193 g/mol. The molecular formula is C6H15AlO3P+3. The summed E-state index contributed by atoms with van der Waals surface area (Å²) in [5.41, 5.74) is 0. The van der Waals surface area contributed by atoms with Gasteiger partial charge in [0.15, 0.2) is 0 Å². The quantitative estimate of drug-likeness (QED) is 0.401. The molecule has 0 radical (unpaired) electrons. The van der Waals surface area contributed by atoms with Crippen molar-refractivity contribution in [1.82, 2.24) is 0 Å². The molecule has 0 aromatic heterocycles. The molecule has 0 rings (SSSR count). The van der Waals surface area contributed by atoms with Crippen LogP contribution >= 0.6 is 7.37 Å². The van der Waals surface area contributed by atoms with Crippen LogP contribution in [0.1, 0.15) is 13.8 Å². The van der Waals surface area contributed by atoms with Crippen LogP contribution in [0.2, 0.25) is 0 Å². The van der Waals surface area contributed by atoms with Crippen LogP contribution in [0.15, 0.2) is 0 Å². The van der Waals surface area contributed by atoms with E-state index in [0.717, 1.165) is 0 Å². The Morgan fingerprint density at radius 3 is 2.36 bits per heavy atom. The van der Waals surface area contributed by atoms with Gasteiger partial charge in [-0.15, -0.1) is 0 Å². The van der Waals surface area contributed by atoms with Gasteiger partial charge in [0, 0.05) is 18.9 Å². The predicted molar refractivity (Wildman–Crippen MR) is 47.5 cm³/mol. The molecule has 0 aromatic rings. The Kier molecular flexibility index (Phi) is 9.49. The second-order valence-corrected chi connectivity index (χ2v) is 4.86. The SMILES string of the molecule is CCOCCP(=O)(O)CC.[Al+3]. The van der Waals surface area contributed by atoms with Crippen LogP contribution in [0, 0.1) is 0 Å². The van der Waals surface area contributed by atoms with Crippen molar-refractivity contribution in [3.05, 3.63) is 0 Å². The minimum atomic E-state index is -2.83. The van der Waals surface area contributed by atoms with Gasteiger partial charge in [0.25, 0.3) is 0 Å². The van der Waals surface area contributed by atoms with Crippen LogP contribution in [0.25, 0.3) is 0 Å². The van der Waals surface area contributed by atoms with E-state index >= 15 is 0 Å². The second kappa shape index (κ2) is 7.34. The van der Waals surface area contributed by atoms with Gasteiger partial charge < -0.3 is 9.63 Å². The summed E-state index contributed by atoms with van der Waals surface area (Å²) in [5.74, 6) is 0. The van der Waals surface area contributed by atoms with Crippen LogP contribution in [0.4, 0.5) is 0 Å². The average Bonchev–Trinajstić information content (AvgIpc) is 1.89. The molecule has 1 unspecified atom stereocenters. The van der Waals surface area contributed by atoms with Crippen LogP contribution in [-0.2, 0) is 9.30 Å². The molecule has 1 N–H and O–H groups in total. The molecule has 5 heteroatoms. The Balaban J connectivity index is 0. The summed E-state index contributed by atoms with van der Waals surface area (Å²) in [5, 5.41) is 0. The van der Waals surface area contributed by atoms with Gasteiger partial charge in [-0.2, -0.15) is 0 Å². The first kappa shape index (κ1) is 14.2. The standard InChI is InChI=1S/C6H15O3P.Al/c1-3-9-5-6-10(7,8)4-2;/h3-6H2,1-2H3,(H,7,8);/q;+3. The van der Waals surface area contributed by atoms with E-state index in [0.29, 0.717) is 19.4 Å². The minimum absolute atomic E-state index is 0. The van der Waals surface area contributed by atoms with E-state index in [1.54, 1.807) is 6.92 Å². The van der Waals surface area contributed by atoms with Gasteiger partial charge in [0.05, 0.1) is 6.61 Å². The van der Waals surface area contributed by atoms with Crippen molar-refractivity contribution in [1.29, 1.82) is 0 Å². The Morgan fingerprint density at radius 1 is 1.45 bits per heavy atom. The minimum Gasteiger partial charge on any atom is -0.381 e. The zero-order valence-electron chi connectivity index (χ0n) is 7.12. The van der Waals surface area contributed by atoms with Gasteiger partial charge in [-0.1, -0.05) is 6.92 Å². The van der Waals surface area contributed by atoms with Crippen molar-refractivity contribution in [3.63, 3.8) is 0 Å². The maximum Gasteiger partial charge on any atom is 3.00 e. The fourth-order valence-corrected chi connectivity index (χ4v) is 1.24. The maximum atomic E-state index is 10.9. The number of hydrogen-bond acceptors (Lipinski definition) is 2. The third-order valence-corrected chi connectivity index (χ3v) is 3.15. The van der Waals surface area contributed by atoms with E-state index in [4.69, 9.17) is 9.63 Å². The largest absolute Gasteiger partial charge is 3.00 e. The van der Waals surface area contributed by atoms with Crippen molar-refractivity contribution < 1.29 is 14.2 Å². The van der Waals surface area contributed by atoms with Gasteiger partial charge in [-0.25, -0.2) is 0 Å². The van der Waals surface area contributed by atoms with Crippen molar-refractivity contribution in [2.45, 2.75) is 13.8 Å².